The van der Waals surface area contributed by atoms with Gasteiger partial charge in [-0.2, -0.15) is 4.52 Å². The standard InChI is InChI=1S/C10H16N6O/c1-8(2)12-4-3-5-17-10-7-11-6-9-13-14-15-16(9)10/h6-8,12H,3-5H2,1-2H3. The first-order valence-corrected chi connectivity index (χ1v) is 5.65. The predicted molar refractivity (Wildman–Crippen MR) is 61.8 cm³/mol. The molecule has 0 aliphatic heterocycles. The maximum absolute atomic E-state index is 5.58. The van der Waals surface area contributed by atoms with Crippen molar-refractivity contribution in [2.75, 3.05) is 13.2 Å². The Morgan fingerprint density at radius 1 is 1.41 bits per heavy atom. The average molecular weight is 236 g/mol. The molecule has 0 saturated heterocycles. The Morgan fingerprint density at radius 3 is 3.12 bits per heavy atom. The summed E-state index contributed by atoms with van der Waals surface area (Å²) in [6.07, 6.45) is 4.13. The summed E-state index contributed by atoms with van der Waals surface area (Å²) >= 11 is 0. The summed E-state index contributed by atoms with van der Waals surface area (Å²) in [5, 5.41) is 14.5. The van der Waals surface area contributed by atoms with E-state index in [1.807, 2.05) is 0 Å². The number of fused-ring (bicyclic) bond motifs is 1. The second-order valence-electron chi connectivity index (χ2n) is 4.01. The summed E-state index contributed by atoms with van der Waals surface area (Å²) < 4.78 is 7.11. The largest absolute Gasteiger partial charge is 0.476 e. The van der Waals surface area contributed by atoms with Crippen LogP contribution in [0.3, 0.4) is 0 Å². The lowest BCUT2D eigenvalue weighted by molar-refractivity contribution is 0.286. The summed E-state index contributed by atoms with van der Waals surface area (Å²) in [6.45, 7) is 5.77. The third-order valence-corrected chi connectivity index (χ3v) is 2.20. The van der Waals surface area contributed by atoms with Gasteiger partial charge in [-0.3, -0.25) is 4.98 Å². The molecule has 1 N–H and O–H groups in total. The van der Waals surface area contributed by atoms with Gasteiger partial charge in [0, 0.05) is 6.04 Å². The van der Waals surface area contributed by atoms with Crippen LogP contribution in [0.2, 0.25) is 0 Å². The number of hydrogen-bond donors (Lipinski definition) is 1. The molecule has 0 aliphatic rings. The number of nitrogens with one attached hydrogen (secondary N) is 1. The van der Waals surface area contributed by atoms with Gasteiger partial charge in [-0.1, -0.05) is 13.8 Å². The van der Waals surface area contributed by atoms with Crippen LogP contribution < -0.4 is 10.1 Å². The van der Waals surface area contributed by atoms with Crippen LogP contribution in [-0.2, 0) is 0 Å². The minimum Gasteiger partial charge on any atom is -0.476 e. The quantitative estimate of drug-likeness (QED) is 0.726. The maximum Gasteiger partial charge on any atom is 0.237 e. The van der Waals surface area contributed by atoms with Crippen LogP contribution in [0.25, 0.3) is 5.65 Å². The van der Waals surface area contributed by atoms with Crippen molar-refractivity contribution in [3.8, 4) is 5.88 Å². The molecule has 0 bridgehead atoms. The van der Waals surface area contributed by atoms with Crippen LogP contribution >= 0.6 is 0 Å². The summed E-state index contributed by atoms with van der Waals surface area (Å²) in [7, 11) is 0. The molecule has 7 heteroatoms. The second kappa shape index (κ2) is 5.53. The van der Waals surface area contributed by atoms with E-state index in [1.54, 1.807) is 12.4 Å². The third kappa shape index (κ3) is 3.10. The van der Waals surface area contributed by atoms with E-state index in [2.05, 4.69) is 39.7 Å². The lowest BCUT2D eigenvalue weighted by atomic mass is 10.3. The van der Waals surface area contributed by atoms with Crippen molar-refractivity contribution < 1.29 is 4.74 Å². The van der Waals surface area contributed by atoms with Gasteiger partial charge < -0.3 is 10.1 Å². The summed E-state index contributed by atoms with van der Waals surface area (Å²) in [5.74, 6) is 0.567. The lowest BCUT2D eigenvalue weighted by Gasteiger charge is -2.09. The normalized spacial score (nSPS) is 11.2. The molecule has 0 atom stereocenters. The molecule has 7 nitrogen and oxygen atoms in total. The number of tetrazole rings is 1. The first-order chi connectivity index (χ1) is 8.27. The van der Waals surface area contributed by atoms with Gasteiger partial charge in [-0.25, -0.2) is 0 Å². The second-order valence-corrected chi connectivity index (χ2v) is 4.01. The molecule has 2 heterocycles. The van der Waals surface area contributed by atoms with E-state index in [9.17, 15) is 0 Å². The van der Waals surface area contributed by atoms with E-state index in [0.717, 1.165) is 13.0 Å². The molecule has 17 heavy (non-hydrogen) atoms. The van der Waals surface area contributed by atoms with Crippen molar-refractivity contribution in [1.29, 1.82) is 0 Å². The Kier molecular flexibility index (Phi) is 3.81. The molecule has 2 aromatic heterocycles. The van der Waals surface area contributed by atoms with Crippen molar-refractivity contribution >= 4 is 5.65 Å². The van der Waals surface area contributed by atoms with Crippen LogP contribution in [0.15, 0.2) is 12.4 Å². The van der Waals surface area contributed by atoms with Crippen LogP contribution in [0.4, 0.5) is 0 Å². The van der Waals surface area contributed by atoms with Gasteiger partial charge in [-0.15, -0.1) is 5.10 Å². The van der Waals surface area contributed by atoms with Gasteiger partial charge in [0.25, 0.3) is 0 Å². The Labute approximate surface area is 99.2 Å². The van der Waals surface area contributed by atoms with Crippen molar-refractivity contribution in [3.05, 3.63) is 12.4 Å². The van der Waals surface area contributed by atoms with Gasteiger partial charge >= 0.3 is 0 Å². The molecule has 0 aliphatic carbocycles. The monoisotopic (exact) mass is 236 g/mol. The van der Waals surface area contributed by atoms with Crippen molar-refractivity contribution in [1.82, 2.24) is 30.3 Å². The zero-order valence-corrected chi connectivity index (χ0v) is 10.00. The average Bonchev–Trinajstić information content (AvgIpc) is 2.77. The number of nitrogens with zero attached hydrogens (tertiary/aromatic N) is 5. The van der Waals surface area contributed by atoms with Gasteiger partial charge in [0.15, 0.2) is 0 Å². The topological polar surface area (TPSA) is 77.2 Å². The first-order valence-electron chi connectivity index (χ1n) is 5.65. The molecule has 0 fully saturated rings. The summed E-state index contributed by atoms with van der Waals surface area (Å²) in [6, 6.07) is 0.500. The lowest BCUT2D eigenvalue weighted by Crippen LogP contribution is -2.24. The van der Waals surface area contributed by atoms with E-state index >= 15 is 0 Å². The van der Waals surface area contributed by atoms with E-state index < -0.39 is 0 Å². The zero-order chi connectivity index (χ0) is 12.1. The molecule has 0 saturated carbocycles. The van der Waals surface area contributed by atoms with Gasteiger partial charge in [-0.05, 0) is 23.4 Å². The zero-order valence-electron chi connectivity index (χ0n) is 10.00. The van der Waals surface area contributed by atoms with Crippen molar-refractivity contribution in [3.63, 3.8) is 0 Å². The Balaban J connectivity index is 1.84. The molecule has 0 radical (unpaired) electrons. The minimum absolute atomic E-state index is 0.500. The van der Waals surface area contributed by atoms with E-state index in [-0.39, 0.29) is 0 Å². The van der Waals surface area contributed by atoms with Crippen LogP contribution in [0.1, 0.15) is 20.3 Å². The molecular weight excluding hydrogens is 220 g/mol. The van der Waals surface area contributed by atoms with Crippen LogP contribution in [0.5, 0.6) is 5.88 Å². The van der Waals surface area contributed by atoms with E-state index in [0.29, 0.717) is 24.2 Å². The highest BCUT2D eigenvalue weighted by Crippen LogP contribution is 2.08. The summed E-state index contributed by atoms with van der Waals surface area (Å²) in [4.78, 5) is 4.01. The number of hydrogen-bond acceptors (Lipinski definition) is 6. The minimum atomic E-state index is 0.500. The van der Waals surface area contributed by atoms with Gasteiger partial charge in [0.2, 0.25) is 11.5 Å². The van der Waals surface area contributed by atoms with Gasteiger partial charge in [0.1, 0.15) is 0 Å². The molecule has 0 spiro atoms. The van der Waals surface area contributed by atoms with Crippen LogP contribution in [0, 0.1) is 0 Å². The highest BCUT2D eigenvalue weighted by atomic mass is 16.5. The first kappa shape index (κ1) is 11.7. The summed E-state index contributed by atoms with van der Waals surface area (Å²) in [5.41, 5.74) is 0.586. The molecule has 2 aromatic rings. The molecular formula is C10H16N6O. The fourth-order valence-electron chi connectivity index (χ4n) is 1.39. The van der Waals surface area contributed by atoms with Crippen LogP contribution in [-0.4, -0.2) is 44.2 Å². The fourth-order valence-corrected chi connectivity index (χ4v) is 1.39. The highest BCUT2D eigenvalue weighted by Gasteiger charge is 2.04. The maximum atomic E-state index is 5.58. The predicted octanol–water partition coefficient (Wildman–Crippen LogP) is 0.286. The number of rotatable bonds is 6. The molecule has 0 unspecified atom stereocenters. The van der Waals surface area contributed by atoms with Gasteiger partial charge in [0.05, 0.1) is 19.0 Å². The smallest absolute Gasteiger partial charge is 0.237 e. The van der Waals surface area contributed by atoms with E-state index in [1.165, 1.54) is 4.52 Å². The third-order valence-electron chi connectivity index (χ3n) is 2.20. The Bertz CT molecular complexity index is 469. The Morgan fingerprint density at radius 2 is 2.29 bits per heavy atom. The number of ether oxygens (including phenoxy) is 1. The molecule has 0 aromatic carbocycles. The van der Waals surface area contributed by atoms with Crippen molar-refractivity contribution in [2.24, 2.45) is 0 Å². The molecule has 2 rings (SSSR count). The van der Waals surface area contributed by atoms with Crippen molar-refractivity contribution in [2.45, 2.75) is 26.3 Å². The number of aromatic nitrogens is 5. The molecule has 92 valence electrons. The highest BCUT2D eigenvalue weighted by molar-refractivity contribution is 5.33. The Hall–Kier alpha value is -1.76. The fraction of sp³-hybridized carbons (Fsp3) is 0.600. The molecule has 0 amide bonds. The SMILES string of the molecule is CC(C)NCCCOc1cncc2nnnn12. The van der Waals surface area contributed by atoms with E-state index in [4.69, 9.17) is 4.74 Å².